The number of ketones is 1. The number of benzene rings is 1. The summed E-state index contributed by atoms with van der Waals surface area (Å²) in [6.45, 7) is 12.3. The molecule has 0 unspecified atom stereocenters. The lowest BCUT2D eigenvalue weighted by molar-refractivity contribution is -0.296. The van der Waals surface area contributed by atoms with Gasteiger partial charge in [0, 0.05) is 41.4 Å². The average Bonchev–Trinajstić information content (AvgIpc) is 4.04. The van der Waals surface area contributed by atoms with Crippen molar-refractivity contribution in [2.75, 3.05) is 27.8 Å². The van der Waals surface area contributed by atoms with Crippen LogP contribution >= 0.6 is 0 Å². The number of hydrogen-bond donors (Lipinski definition) is 2. The van der Waals surface area contributed by atoms with Gasteiger partial charge in [-0.05, 0) is 91.6 Å². The number of likely N-dealkylation sites (N-methyl/N-ethyl adjacent to an activating group) is 1. The molecule has 3 saturated heterocycles. The van der Waals surface area contributed by atoms with Gasteiger partial charge in [0.15, 0.2) is 23.8 Å². The number of oxime groups is 1. The van der Waals surface area contributed by atoms with Gasteiger partial charge in [-0.2, -0.15) is 0 Å². The molecule has 3 aliphatic heterocycles. The number of fused-ring (bicyclic) bond motifs is 2. The zero-order valence-corrected chi connectivity index (χ0v) is 39.1. The van der Waals surface area contributed by atoms with Crippen molar-refractivity contribution in [3.63, 3.8) is 0 Å². The van der Waals surface area contributed by atoms with Crippen LogP contribution in [0.2, 0.25) is 0 Å². The van der Waals surface area contributed by atoms with Crippen molar-refractivity contribution in [3.05, 3.63) is 51.8 Å². The molecule has 13 atom stereocenters. The lowest BCUT2D eigenvalue weighted by atomic mass is 9.73. The van der Waals surface area contributed by atoms with E-state index in [1.165, 1.54) is 27.2 Å². The molecule has 4 aliphatic rings. The van der Waals surface area contributed by atoms with Gasteiger partial charge in [-0.25, -0.2) is 18.8 Å². The van der Waals surface area contributed by atoms with Gasteiger partial charge in [-0.1, -0.05) is 51.1 Å². The minimum Gasteiger partial charge on any atom is -0.477 e. The maximum absolute atomic E-state index is 17.1. The number of ether oxygens (including phenoxy) is 6. The molecule has 17 nitrogen and oxygen atoms in total. The summed E-state index contributed by atoms with van der Waals surface area (Å²) in [4.78, 5) is 74.0. The third kappa shape index (κ3) is 9.87. The van der Waals surface area contributed by atoms with Crippen LogP contribution in [0.25, 0.3) is 17.0 Å². The predicted octanol–water partition coefficient (Wildman–Crippen LogP) is 5.86. The third-order valence-electron chi connectivity index (χ3n) is 13.6. The van der Waals surface area contributed by atoms with Gasteiger partial charge >= 0.3 is 18.1 Å². The number of rotatable bonds is 11. The van der Waals surface area contributed by atoms with Crippen molar-refractivity contribution >= 4 is 46.6 Å². The minimum atomic E-state index is -3.26. The Kier molecular flexibility index (Phi) is 14.7. The molecule has 1 saturated carbocycles. The van der Waals surface area contributed by atoms with Crippen LogP contribution in [0.4, 0.5) is 9.18 Å². The Balaban J connectivity index is 1.45. The van der Waals surface area contributed by atoms with Crippen LogP contribution in [0.15, 0.2) is 40.4 Å². The van der Waals surface area contributed by atoms with Crippen molar-refractivity contribution in [2.24, 2.45) is 22.9 Å². The lowest BCUT2D eigenvalue weighted by Crippen LogP contribution is -2.61. The second kappa shape index (κ2) is 19.2. The summed E-state index contributed by atoms with van der Waals surface area (Å²) in [5, 5.41) is 26.2. The number of aromatic nitrogens is 1. The number of carbonyl (C=O) groups is 4. The molecule has 1 aliphatic carbocycles. The molecule has 18 heteroatoms. The molecule has 4 fully saturated rings. The zero-order valence-electron chi connectivity index (χ0n) is 39.1. The molecular weight excluding hydrogens is 850 g/mol. The van der Waals surface area contributed by atoms with E-state index in [4.69, 9.17) is 33.3 Å². The van der Waals surface area contributed by atoms with Crippen LogP contribution in [0, 0.1) is 17.8 Å². The van der Waals surface area contributed by atoms with Crippen LogP contribution in [-0.2, 0) is 42.8 Å². The highest BCUT2D eigenvalue weighted by Crippen LogP contribution is 2.43. The van der Waals surface area contributed by atoms with Crippen molar-refractivity contribution in [1.29, 1.82) is 0 Å². The Morgan fingerprint density at radius 3 is 2.37 bits per heavy atom. The summed E-state index contributed by atoms with van der Waals surface area (Å²) in [5.41, 5.74) is -5.84. The van der Waals surface area contributed by atoms with Crippen LogP contribution < -0.4 is 5.43 Å². The zero-order chi connectivity index (χ0) is 47.9. The smallest absolute Gasteiger partial charge is 0.477 e. The van der Waals surface area contributed by atoms with E-state index in [1.54, 1.807) is 65.2 Å². The molecule has 65 heavy (non-hydrogen) atoms. The molecule has 6 rings (SSSR count). The molecule has 2 N–H and O–H groups in total. The second-order valence-corrected chi connectivity index (χ2v) is 18.9. The number of hydrogen-bond acceptors (Lipinski definition) is 15. The fourth-order valence-electron chi connectivity index (χ4n) is 9.99. The first-order valence-corrected chi connectivity index (χ1v) is 22.3. The predicted molar refractivity (Wildman–Crippen MR) is 235 cm³/mol. The summed E-state index contributed by atoms with van der Waals surface area (Å²) < 4.78 is 55.7. The molecular formula is C47H64FN3O14. The number of halogens is 1. The number of esters is 1. The number of pyridine rings is 1. The number of carboxylic acids is 1. The van der Waals surface area contributed by atoms with Crippen LogP contribution in [0.1, 0.15) is 109 Å². The van der Waals surface area contributed by atoms with Crippen molar-refractivity contribution in [2.45, 2.75) is 153 Å². The van der Waals surface area contributed by atoms with Crippen molar-refractivity contribution < 1.29 is 67.0 Å². The topological polar surface area (TPSA) is 211 Å². The number of cyclic esters (lactones) is 1. The Hall–Kier alpha value is -4.75. The fourth-order valence-corrected chi connectivity index (χ4v) is 9.99. The molecule has 0 spiro atoms. The Labute approximate surface area is 378 Å². The quantitative estimate of drug-likeness (QED) is 0.154. The highest BCUT2D eigenvalue weighted by molar-refractivity contribution is 6.08. The van der Waals surface area contributed by atoms with Gasteiger partial charge in [0.05, 0.1) is 35.6 Å². The molecule has 0 radical (unpaired) electrons. The number of aliphatic hydroxyl groups excluding tert-OH is 1. The minimum absolute atomic E-state index is 0.00266. The Morgan fingerprint density at radius 2 is 1.75 bits per heavy atom. The van der Waals surface area contributed by atoms with Crippen LogP contribution in [0.3, 0.4) is 0 Å². The summed E-state index contributed by atoms with van der Waals surface area (Å²) in [5.74, 6) is -6.84. The monoisotopic (exact) mass is 913 g/mol. The largest absolute Gasteiger partial charge is 0.509 e. The number of carboxylic acid groups (broad SMARTS) is 1. The normalized spacial score (nSPS) is 36.9. The van der Waals surface area contributed by atoms with Crippen molar-refractivity contribution in [3.8, 4) is 0 Å². The Bertz CT molecular complexity index is 2260. The van der Waals surface area contributed by atoms with Gasteiger partial charge in [-0.3, -0.25) is 9.59 Å². The number of alkyl halides is 1. The van der Waals surface area contributed by atoms with E-state index in [-0.39, 0.29) is 36.4 Å². The molecule has 358 valence electrons. The average molecular weight is 914 g/mol. The molecule has 2 aromatic rings. The summed E-state index contributed by atoms with van der Waals surface area (Å²) in [7, 11) is 4.97. The Morgan fingerprint density at radius 1 is 1.06 bits per heavy atom. The van der Waals surface area contributed by atoms with Crippen LogP contribution in [-0.4, -0.2) is 137 Å². The molecule has 4 heterocycles. The van der Waals surface area contributed by atoms with Crippen molar-refractivity contribution in [1.82, 2.24) is 9.47 Å². The van der Waals surface area contributed by atoms with E-state index in [9.17, 15) is 34.2 Å². The maximum atomic E-state index is 17.1. The van der Waals surface area contributed by atoms with Gasteiger partial charge in [0.2, 0.25) is 5.43 Å². The lowest BCUT2D eigenvalue weighted by Gasteiger charge is -2.47. The van der Waals surface area contributed by atoms with Gasteiger partial charge < -0.3 is 52.9 Å². The fraction of sp³-hybridized carbons (Fsp3) is 0.660. The summed E-state index contributed by atoms with van der Waals surface area (Å²) in [6, 6.07) is 4.87. The van der Waals surface area contributed by atoms with E-state index in [1.807, 2.05) is 23.3 Å². The van der Waals surface area contributed by atoms with E-state index < -0.39 is 107 Å². The second-order valence-electron chi connectivity index (χ2n) is 18.9. The van der Waals surface area contributed by atoms with Gasteiger partial charge in [-0.15, -0.1) is 0 Å². The number of Topliss-reactive ketones (excluding diaryl/α,β-unsaturated/α-hetero) is 1. The SMILES string of the molecule is CC[C@H]1OC(=O)[C@@](C)(F)C(=O)[C@H](C)[C@@H](O[C@@H]2O[C@H](C)C[C@H](N(C)C)[C@H]2O)[C@](C)(OC/C=C/c2ccc3c(c2)c(=O)c(C(=O)O)cn3C2CC2)C[C@@H](C)/C(=N\OC)[C@H](C)[C@H]2OC(=O)O[C@@]21C. The van der Waals surface area contributed by atoms with E-state index in [0.29, 0.717) is 23.2 Å². The number of aromatic carboxylic acids is 1. The molecule has 0 bridgehead atoms. The highest BCUT2D eigenvalue weighted by atomic mass is 19.1. The van der Waals surface area contributed by atoms with E-state index >= 15 is 4.39 Å². The van der Waals surface area contributed by atoms with Gasteiger partial charge in [0.1, 0.15) is 24.9 Å². The molecule has 0 amide bonds. The third-order valence-corrected chi connectivity index (χ3v) is 13.6. The maximum Gasteiger partial charge on any atom is 0.509 e. The molecule has 1 aromatic carbocycles. The van der Waals surface area contributed by atoms with Gasteiger partial charge in [0.25, 0.3) is 5.67 Å². The van der Waals surface area contributed by atoms with E-state index in [0.717, 1.165) is 19.8 Å². The highest BCUT2D eigenvalue weighted by Gasteiger charge is 2.60. The number of nitrogens with zero attached hydrogens (tertiary/aromatic N) is 3. The number of aliphatic hydroxyl groups is 1. The standard InChI is InChI=1S/C47H64FN3O14/c1-12-34-47(8)40(64-44(58)65-47)26(4)35(49-59-11)24(2)22-45(6,60-19-13-14-28-15-18-32-30(21-28)36(52)31(41(55)56)23-51(32)29-16-17-29)39(27(5)38(54)46(7,48)43(57)62-34)63-42-37(53)33(50(9)10)20-25(3)61-42/h13-15,18,21,23-27,29,33-34,37,39-40,42,53H,12,16-17,19-20,22H2,1-11H3,(H,55,56)/b14-13+,49-35+/t24-,25-,26+,27+,33+,34-,37-,39-,40-,42+,45-,46+,47-/m1/s1. The molecule has 1 aromatic heterocycles. The first-order valence-electron chi connectivity index (χ1n) is 22.3. The van der Waals surface area contributed by atoms with Crippen LogP contribution in [0.5, 0.6) is 0 Å². The summed E-state index contributed by atoms with van der Waals surface area (Å²) >= 11 is 0. The first kappa shape index (κ1) is 49.7. The van der Waals surface area contributed by atoms with E-state index in [2.05, 4.69) is 5.16 Å². The number of carbonyl (C=O) groups excluding carboxylic acids is 3. The first-order chi connectivity index (χ1) is 30.5. The summed E-state index contributed by atoms with van der Waals surface area (Å²) in [6.07, 6.45) is -0.777.